The number of nitrogens with one attached hydrogen (secondary N) is 2. The number of ether oxygens (including phenoxy) is 1. The van der Waals surface area contributed by atoms with E-state index >= 15 is 0 Å². The summed E-state index contributed by atoms with van der Waals surface area (Å²) in [5.74, 6) is 0.926. The molecule has 0 radical (unpaired) electrons. The molecule has 0 bridgehead atoms. The smallest absolute Gasteiger partial charge is 0.240 e. The largest absolute Gasteiger partial charge is 0.496 e. The summed E-state index contributed by atoms with van der Waals surface area (Å²) in [5.41, 5.74) is 1.59. The van der Waals surface area contributed by atoms with Gasteiger partial charge in [0.1, 0.15) is 5.75 Å². The highest BCUT2D eigenvalue weighted by Gasteiger charge is 2.20. The van der Waals surface area contributed by atoms with Crippen molar-refractivity contribution in [3.63, 3.8) is 0 Å². The number of methoxy groups -OCH3 is 1. The van der Waals surface area contributed by atoms with Crippen LogP contribution in [0.25, 0.3) is 0 Å². The van der Waals surface area contributed by atoms with Crippen LogP contribution in [0.3, 0.4) is 0 Å². The van der Waals surface area contributed by atoms with Crippen molar-refractivity contribution in [2.24, 2.45) is 0 Å². The van der Waals surface area contributed by atoms with Gasteiger partial charge in [0.2, 0.25) is 10.0 Å². The van der Waals surface area contributed by atoms with Gasteiger partial charge in [0, 0.05) is 6.54 Å². The van der Waals surface area contributed by atoms with Crippen molar-refractivity contribution < 1.29 is 13.2 Å². The highest BCUT2D eigenvalue weighted by atomic mass is 35.5. The van der Waals surface area contributed by atoms with Gasteiger partial charge in [-0.05, 0) is 56.1 Å². The summed E-state index contributed by atoms with van der Waals surface area (Å²) in [5, 5.41) is 2.99. The standard InChI is InChI=1S/C15H26N2O3S.ClH/c1-11(2)13-10-15(12(3)9-14(13)20-5)21(18,19)17-8-6-7-16-4;/h9-11,16-17H,6-8H2,1-5H3;1H. The molecule has 5 nitrogen and oxygen atoms in total. The fourth-order valence-corrected chi connectivity index (χ4v) is 3.48. The summed E-state index contributed by atoms with van der Waals surface area (Å²) >= 11 is 0. The van der Waals surface area contributed by atoms with Gasteiger partial charge in [0.25, 0.3) is 0 Å². The minimum absolute atomic E-state index is 0. The molecule has 2 N–H and O–H groups in total. The Balaban J connectivity index is 0.00000441. The molecule has 7 heteroatoms. The number of halogens is 1. The predicted octanol–water partition coefficient (Wildman–Crippen LogP) is 2.44. The van der Waals surface area contributed by atoms with Crippen LogP contribution in [0.4, 0.5) is 0 Å². The van der Waals surface area contributed by atoms with E-state index in [4.69, 9.17) is 4.74 Å². The molecule has 1 rings (SSSR count). The molecule has 0 aliphatic heterocycles. The molecule has 0 aromatic heterocycles. The maximum absolute atomic E-state index is 12.4. The molecule has 22 heavy (non-hydrogen) atoms. The van der Waals surface area contributed by atoms with E-state index in [2.05, 4.69) is 10.0 Å². The highest BCUT2D eigenvalue weighted by molar-refractivity contribution is 7.89. The molecule has 0 atom stereocenters. The van der Waals surface area contributed by atoms with Crippen LogP contribution in [0.15, 0.2) is 17.0 Å². The van der Waals surface area contributed by atoms with Gasteiger partial charge < -0.3 is 10.1 Å². The zero-order valence-corrected chi connectivity index (χ0v) is 15.5. The quantitative estimate of drug-likeness (QED) is 0.707. The van der Waals surface area contributed by atoms with Gasteiger partial charge in [0.15, 0.2) is 0 Å². The maximum Gasteiger partial charge on any atom is 0.240 e. The Morgan fingerprint density at radius 3 is 2.36 bits per heavy atom. The molecule has 1 aromatic carbocycles. The van der Waals surface area contributed by atoms with Crippen molar-refractivity contribution in [1.29, 1.82) is 0 Å². The van der Waals surface area contributed by atoms with Gasteiger partial charge in [-0.15, -0.1) is 12.4 Å². The van der Waals surface area contributed by atoms with Gasteiger partial charge in [-0.3, -0.25) is 0 Å². The lowest BCUT2D eigenvalue weighted by molar-refractivity contribution is 0.406. The lowest BCUT2D eigenvalue weighted by Gasteiger charge is -2.16. The number of sulfonamides is 1. The number of benzene rings is 1. The second kappa shape index (κ2) is 9.35. The van der Waals surface area contributed by atoms with E-state index in [0.717, 1.165) is 24.3 Å². The molecular weight excluding hydrogens is 324 g/mol. The van der Waals surface area contributed by atoms with Crippen LogP contribution < -0.4 is 14.8 Å². The molecule has 0 unspecified atom stereocenters. The van der Waals surface area contributed by atoms with Gasteiger partial charge in [-0.2, -0.15) is 0 Å². The fraction of sp³-hybridized carbons (Fsp3) is 0.600. The van der Waals surface area contributed by atoms with Crippen molar-refractivity contribution >= 4 is 22.4 Å². The minimum atomic E-state index is -3.49. The van der Waals surface area contributed by atoms with Crippen LogP contribution in [-0.4, -0.2) is 35.7 Å². The second-order valence-corrected chi connectivity index (χ2v) is 7.10. The number of aryl methyl sites for hydroxylation is 1. The van der Waals surface area contributed by atoms with E-state index in [0.29, 0.717) is 17.0 Å². The molecular formula is C15H27ClN2O3S. The first kappa shape index (κ1) is 21.2. The Morgan fingerprint density at radius 2 is 1.86 bits per heavy atom. The minimum Gasteiger partial charge on any atom is -0.496 e. The van der Waals surface area contributed by atoms with Crippen molar-refractivity contribution in [3.05, 3.63) is 23.3 Å². The Bertz CT molecular complexity index is 574. The monoisotopic (exact) mass is 350 g/mol. The van der Waals surface area contributed by atoms with E-state index in [1.54, 1.807) is 26.2 Å². The van der Waals surface area contributed by atoms with Crippen LogP contribution in [0.5, 0.6) is 5.75 Å². The van der Waals surface area contributed by atoms with E-state index in [-0.39, 0.29) is 18.3 Å². The molecule has 0 amide bonds. The Labute approximate surface area is 140 Å². The van der Waals surface area contributed by atoms with E-state index < -0.39 is 10.0 Å². The fourth-order valence-electron chi connectivity index (χ4n) is 2.14. The first-order valence-electron chi connectivity index (χ1n) is 7.16. The van der Waals surface area contributed by atoms with Crippen LogP contribution in [0, 0.1) is 6.92 Å². The van der Waals surface area contributed by atoms with Gasteiger partial charge in [-0.1, -0.05) is 13.8 Å². The van der Waals surface area contributed by atoms with Crippen molar-refractivity contribution in [1.82, 2.24) is 10.0 Å². The Hall–Kier alpha value is -0.820. The molecule has 0 saturated heterocycles. The lowest BCUT2D eigenvalue weighted by atomic mass is 10.0. The maximum atomic E-state index is 12.4. The topological polar surface area (TPSA) is 67.4 Å². The van der Waals surface area contributed by atoms with Crippen molar-refractivity contribution in [2.45, 2.75) is 38.0 Å². The van der Waals surface area contributed by atoms with E-state index in [9.17, 15) is 8.42 Å². The summed E-state index contributed by atoms with van der Waals surface area (Å²) < 4.78 is 32.8. The molecule has 0 fully saturated rings. The SMILES string of the molecule is CNCCCNS(=O)(=O)c1cc(C(C)C)c(OC)cc1C.Cl. The molecule has 0 spiro atoms. The summed E-state index contributed by atoms with van der Waals surface area (Å²) in [7, 11) is -0.0395. The number of rotatable bonds is 8. The third kappa shape index (κ3) is 5.43. The van der Waals surface area contributed by atoms with Crippen LogP contribution in [0.2, 0.25) is 0 Å². The molecule has 0 saturated carbocycles. The number of hydrogen-bond donors (Lipinski definition) is 2. The van der Waals surface area contributed by atoms with E-state index in [1.165, 1.54) is 0 Å². The summed E-state index contributed by atoms with van der Waals surface area (Å²) in [6.45, 7) is 7.02. The van der Waals surface area contributed by atoms with E-state index in [1.807, 2.05) is 20.9 Å². The van der Waals surface area contributed by atoms with Crippen molar-refractivity contribution in [2.75, 3.05) is 27.2 Å². The average molecular weight is 351 g/mol. The summed E-state index contributed by atoms with van der Waals surface area (Å²) in [6, 6.07) is 3.51. The van der Waals surface area contributed by atoms with Gasteiger partial charge >= 0.3 is 0 Å². The summed E-state index contributed by atoms with van der Waals surface area (Å²) in [6.07, 6.45) is 0.752. The van der Waals surface area contributed by atoms with Gasteiger partial charge in [0.05, 0.1) is 12.0 Å². The van der Waals surface area contributed by atoms with Crippen molar-refractivity contribution in [3.8, 4) is 5.75 Å². The highest BCUT2D eigenvalue weighted by Crippen LogP contribution is 2.31. The number of hydrogen-bond acceptors (Lipinski definition) is 4. The lowest BCUT2D eigenvalue weighted by Crippen LogP contribution is -2.27. The van der Waals surface area contributed by atoms with Crippen LogP contribution >= 0.6 is 12.4 Å². The molecule has 1 aromatic rings. The average Bonchev–Trinajstić information content (AvgIpc) is 2.42. The molecule has 0 aliphatic rings. The zero-order chi connectivity index (χ0) is 16.0. The second-order valence-electron chi connectivity index (χ2n) is 5.37. The third-order valence-electron chi connectivity index (χ3n) is 3.33. The molecule has 128 valence electrons. The van der Waals surface area contributed by atoms with Crippen LogP contribution in [-0.2, 0) is 10.0 Å². The normalized spacial score (nSPS) is 11.4. The Kier molecular flexibility index (Phi) is 9.00. The zero-order valence-electron chi connectivity index (χ0n) is 13.9. The molecule has 0 aliphatic carbocycles. The first-order valence-corrected chi connectivity index (χ1v) is 8.64. The first-order chi connectivity index (χ1) is 9.83. The van der Waals surface area contributed by atoms with Gasteiger partial charge in [-0.25, -0.2) is 13.1 Å². The summed E-state index contributed by atoms with van der Waals surface area (Å²) in [4.78, 5) is 0.330. The van der Waals surface area contributed by atoms with Crippen LogP contribution in [0.1, 0.15) is 37.3 Å². The predicted molar refractivity (Wildman–Crippen MR) is 92.8 cm³/mol. The third-order valence-corrected chi connectivity index (χ3v) is 4.94. The Morgan fingerprint density at radius 1 is 1.23 bits per heavy atom. The molecule has 0 heterocycles.